The van der Waals surface area contributed by atoms with Crippen LogP contribution in [0, 0.1) is 5.92 Å². The molecule has 15 heavy (non-hydrogen) atoms. The summed E-state index contributed by atoms with van der Waals surface area (Å²) in [5, 5.41) is 11.8. The van der Waals surface area contributed by atoms with Crippen LogP contribution in [0.4, 0.5) is 6.01 Å². The topological polar surface area (TPSA) is 75.4 Å². The van der Waals surface area contributed by atoms with Crippen LogP contribution in [0.2, 0.25) is 0 Å². The second-order valence-corrected chi connectivity index (χ2v) is 4.46. The normalized spacial score (nSPS) is 16.4. The summed E-state index contributed by atoms with van der Waals surface area (Å²) in [4.78, 5) is 14.4. The van der Waals surface area contributed by atoms with Gasteiger partial charge in [-0.25, -0.2) is 4.79 Å². The van der Waals surface area contributed by atoms with Crippen molar-refractivity contribution in [3.8, 4) is 0 Å². The van der Waals surface area contributed by atoms with Crippen LogP contribution in [0.15, 0.2) is 10.7 Å². The van der Waals surface area contributed by atoms with Crippen molar-refractivity contribution in [3.63, 3.8) is 0 Å². The van der Waals surface area contributed by atoms with Gasteiger partial charge in [0.05, 0.1) is 0 Å². The molecule has 0 atom stereocenters. The molecule has 1 fully saturated rings. The third-order valence-electron chi connectivity index (χ3n) is 2.75. The van der Waals surface area contributed by atoms with Gasteiger partial charge in [0.15, 0.2) is 5.69 Å². The van der Waals surface area contributed by atoms with E-state index in [1.807, 2.05) is 0 Å². The third-order valence-corrected chi connectivity index (χ3v) is 2.75. The van der Waals surface area contributed by atoms with Crippen LogP contribution in [-0.2, 0) is 0 Å². The lowest BCUT2D eigenvalue weighted by atomic mass is 9.99. The molecule has 1 aliphatic carbocycles. The van der Waals surface area contributed by atoms with Crippen molar-refractivity contribution in [1.82, 2.24) is 4.98 Å². The van der Waals surface area contributed by atoms with Crippen molar-refractivity contribution in [2.75, 3.05) is 5.32 Å². The van der Waals surface area contributed by atoms with Crippen LogP contribution >= 0.6 is 0 Å². The fraction of sp³-hybridized carbons (Fsp3) is 0.600. The molecule has 0 aliphatic heterocycles. The lowest BCUT2D eigenvalue weighted by molar-refractivity contribution is 0.0690. The quantitative estimate of drug-likeness (QED) is 0.794. The molecule has 0 unspecified atom stereocenters. The van der Waals surface area contributed by atoms with Crippen molar-refractivity contribution in [3.05, 3.63) is 12.0 Å². The number of rotatable bonds is 4. The summed E-state index contributed by atoms with van der Waals surface area (Å²) in [6.07, 6.45) is 3.55. The summed E-state index contributed by atoms with van der Waals surface area (Å²) in [6.45, 7) is 4.13. The predicted octanol–water partition coefficient (Wildman–Crippen LogP) is 1.97. The summed E-state index contributed by atoms with van der Waals surface area (Å²) >= 11 is 0. The summed E-state index contributed by atoms with van der Waals surface area (Å²) in [6, 6.07) is 0.282. The maximum absolute atomic E-state index is 10.6. The number of hydrogen-bond acceptors (Lipinski definition) is 4. The van der Waals surface area contributed by atoms with Crippen LogP contribution in [0.3, 0.4) is 0 Å². The van der Waals surface area contributed by atoms with Gasteiger partial charge >= 0.3 is 5.97 Å². The number of aromatic nitrogens is 1. The van der Waals surface area contributed by atoms with E-state index in [4.69, 9.17) is 9.52 Å². The van der Waals surface area contributed by atoms with E-state index in [2.05, 4.69) is 24.1 Å². The van der Waals surface area contributed by atoms with Crippen molar-refractivity contribution >= 4 is 12.0 Å². The molecule has 0 saturated heterocycles. The third kappa shape index (κ3) is 2.11. The van der Waals surface area contributed by atoms with E-state index in [0.29, 0.717) is 5.92 Å². The molecule has 0 radical (unpaired) electrons. The molecule has 0 amide bonds. The Morgan fingerprint density at radius 2 is 2.33 bits per heavy atom. The number of oxazole rings is 1. The molecule has 5 nitrogen and oxygen atoms in total. The van der Waals surface area contributed by atoms with Gasteiger partial charge in [-0.15, -0.1) is 0 Å². The van der Waals surface area contributed by atoms with E-state index in [0.717, 1.165) is 6.26 Å². The minimum absolute atomic E-state index is 0.0657. The summed E-state index contributed by atoms with van der Waals surface area (Å²) in [7, 11) is 0. The molecular weight excluding hydrogens is 196 g/mol. The highest BCUT2D eigenvalue weighted by Gasteiger charge is 2.38. The van der Waals surface area contributed by atoms with E-state index in [9.17, 15) is 4.79 Å². The van der Waals surface area contributed by atoms with Gasteiger partial charge < -0.3 is 14.8 Å². The molecule has 0 spiro atoms. The molecule has 5 heteroatoms. The Balaban J connectivity index is 2.06. The van der Waals surface area contributed by atoms with Gasteiger partial charge in [-0.2, -0.15) is 4.98 Å². The Bertz CT molecular complexity index is 380. The van der Waals surface area contributed by atoms with Crippen LogP contribution < -0.4 is 5.32 Å². The molecule has 2 rings (SSSR count). The van der Waals surface area contributed by atoms with Crippen LogP contribution in [-0.4, -0.2) is 21.6 Å². The van der Waals surface area contributed by atoms with Crippen molar-refractivity contribution in [1.29, 1.82) is 0 Å². The molecule has 0 aromatic carbocycles. The standard InChI is InChI=1S/C10H14N2O3/c1-10(2,6-3-4-6)12-9-11-7(5-15-9)8(13)14/h5-6H,3-4H2,1-2H3,(H,11,12)(H,13,14). The van der Waals surface area contributed by atoms with Gasteiger partial charge in [-0.05, 0) is 32.6 Å². The summed E-state index contributed by atoms with van der Waals surface area (Å²) in [5.41, 5.74) is -0.148. The van der Waals surface area contributed by atoms with Gasteiger partial charge in [-0.1, -0.05) is 0 Å². The number of carbonyl (C=O) groups is 1. The predicted molar refractivity (Wildman–Crippen MR) is 53.9 cm³/mol. The lowest BCUT2D eigenvalue weighted by Crippen LogP contribution is -2.33. The minimum atomic E-state index is -1.07. The zero-order valence-electron chi connectivity index (χ0n) is 8.78. The second-order valence-electron chi connectivity index (χ2n) is 4.46. The zero-order chi connectivity index (χ0) is 11.1. The minimum Gasteiger partial charge on any atom is -0.476 e. The Hall–Kier alpha value is -1.52. The lowest BCUT2D eigenvalue weighted by Gasteiger charge is -2.24. The number of nitrogens with zero attached hydrogens (tertiary/aromatic N) is 1. The van der Waals surface area contributed by atoms with Crippen molar-refractivity contribution in [2.45, 2.75) is 32.2 Å². The summed E-state index contributed by atoms with van der Waals surface area (Å²) < 4.78 is 5.04. The van der Waals surface area contributed by atoms with Gasteiger partial charge in [0, 0.05) is 5.54 Å². The van der Waals surface area contributed by atoms with Gasteiger partial charge in [0.2, 0.25) is 0 Å². The Kier molecular flexibility index (Phi) is 2.17. The first-order valence-corrected chi connectivity index (χ1v) is 4.96. The van der Waals surface area contributed by atoms with Gasteiger partial charge in [0.25, 0.3) is 6.01 Å². The van der Waals surface area contributed by atoms with Crippen LogP contribution in [0.1, 0.15) is 37.2 Å². The number of anilines is 1. The van der Waals surface area contributed by atoms with E-state index < -0.39 is 5.97 Å². The fourth-order valence-electron chi connectivity index (χ4n) is 1.61. The highest BCUT2D eigenvalue weighted by molar-refractivity contribution is 5.85. The molecule has 1 aliphatic rings. The van der Waals surface area contributed by atoms with Gasteiger partial charge in [0.1, 0.15) is 6.26 Å². The molecular formula is C10H14N2O3. The number of aromatic carboxylic acids is 1. The van der Waals surface area contributed by atoms with Crippen molar-refractivity contribution in [2.24, 2.45) is 5.92 Å². The first-order chi connectivity index (χ1) is 6.99. The molecule has 1 heterocycles. The Morgan fingerprint density at radius 3 is 2.80 bits per heavy atom. The molecule has 1 aromatic rings. The van der Waals surface area contributed by atoms with Crippen molar-refractivity contribution < 1.29 is 14.3 Å². The van der Waals surface area contributed by atoms with Crippen LogP contribution in [0.25, 0.3) is 0 Å². The number of hydrogen-bond donors (Lipinski definition) is 2. The fourth-order valence-corrected chi connectivity index (χ4v) is 1.61. The largest absolute Gasteiger partial charge is 0.476 e. The Morgan fingerprint density at radius 1 is 1.67 bits per heavy atom. The Labute approximate surface area is 87.5 Å². The molecule has 0 bridgehead atoms. The smallest absolute Gasteiger partial charge is 0.357 e. The molecule has 2 N–H and O–H groups in total. The van der Waals surface area contributed by atoms with Crippen LogP contribution in [0.5, 0.6) is 0 Å². The number of carboxylic acid groups (broad SMARTS) is 1. The maximum Gasteiger partial charge on any atom is 0.357 e. The zero-order valence-corrected chi connectivity index (χ0v) is 8.78. The average molecular weight is 210 g/mol. The first-order valence-electron chi connectivity index (χ1n) is 4.96. The van der Waals surface area contributed by atoms with Gasteiger partial charge in [-0.3, -0.25) is 0 Å². The second kappa shape index (κ2) is 3.25. The molecule has 82 valence electrons. The molecule has 1 aromatic heterocycles. The van der Waals surface area contributed by atoms with E-state index in [-0.39, 0.29) is 17.2 Å². The monoisotopic (exact) mass is 210 g/mol. The highest BCUT2D eigenvalue weighted by Crippen LogP contribution is 2.40. The number of carboxylic acids is 1. The number of nitrogens with one attached hydrogen (secondary N) is 1. The highest BCUT2D eigenvalue weighted by atomic mass is 16.4. The molecule has 1 saturated carbocycles. The van der Waals surface area contributed by atoms with E-state index >= 15 is 0 Å². The van der Waals surface area contributed by atoms with E-state index in [1.165, 1.54) is 12.8 Å². The first kappa shape index (κ1) is 10.0. The SMILES string of the molecule is CC(C)(Nc1nc(C(=O)O)co1)C1CC1. The van der Waals surface area contributed by atoms with E-state index in [1.54, 1.807) is 0 Å². The average Bonchev–Trinajstić information content (AvgIpc) is 2.88. The summed E-state index contributed by atoms with van der Waals surface area (Å²) in [5.74, 6) is -0.450. The maximum atomic E-state index is 10.6.